The fourth-order valence-corrected chi connectivity index (χ4v) is 12.1. The molecular weight excluding hydrogens is 887 g/mol. The van der Waals surface area contributed by atoms with Gasteiger partial charge in [-0.25, -0.2) is 0 Å². The number of hydrogen-bond acceptors (Lipinski definition) is 2. The number of hydrogen-bond donors (Lipinski definition) is 0. The van der Waals surface area contributed by atoms with E-state index in [1.54, 1.807) is 0 Å². The minimum Gasteiger partial charge on any atom is -0.309 e. The highest BCUT2D eigenvalue weighted by molar-refractivity contribution is 7.25. The fourth-order valence-electron chi connectivity index (χ4n) is 11.0. The molecule has 12 aromatic rings. The average molecular weight is 944 g/mol. The smallest absolute Gasteiger partial charge is 0.0540 e. The summed E-state index contributed by atoms with van der Waals surface area (Å²) >= 11 is 1.87. The van der Waals surface area contributed by atoms with E-state index in [0.29, 0.717) is 0 Å². The Morgan fingerprint density at radius 2 is 0.667 bits per heavy atom. The van der Waals surface area contributed by atoms with E-state index in [1.807, 2.05) is 11.3 Å². The number of fused-ring (bicyclic) bond motifs is 5. The lowest BCUT2D eigenvalue weighted by Gasteiger charge is -2.32. The molecule has 1 aromatic heterocycles. The van der Waals surface area contributed by atoms with Crippen LogP contribution in [0.15, 0.2) is 237 Å². The SMILES string of the molecule is CC(C)(C)c1cc(-c2cccc3cccc(-c4ccccc4N(c4ccccc4-c4cccc5cccc(-c6ccccc6)c45)c4ccccc4-c4cccc5sc6ccccc6c45)c23)cc(C(C)(C)C)c1. The van der Waals surface area contributed by atoms with Crippen LogP contribution in [0.25, 0.3) is 97.4 Å². The first kappa shape index (κ1) is 45.1. The first-order chi connectivity index (χ1) is 35.0. The van der Waals surface area contributed by atoms with E-state index in [9.17, 15) is 0 Å². The Hall–Kier alpha value is -8.04. The van der Waals surface area contributed by atoms with Crippen molar-refractivity contribution < 1.29 is 0 Å². The highest BCUT2D eigenvalue weighted by Gasteiger charge is 2.27. The lowest BCUT2D eigenvalue weighted by molar-refractivity contribution is 0.569. The van der Waals surface area contributed by atoms with Gasteiger partial charge in [0.05, 0.1) is 17.1 Å². The van der Waals surface area contributed by atoms with Gasteiger partial charge in [0.15, 0.2) is 0 Å². The van der Waals surface area contributed by atoms with Crippen molar-refractivity contribution in [1.82, 2.24) is 0 Å². The first-order valence-corrected chi connectivity index (χ1v) is 26.1. The summed E-state index contributed by atoms with van der Waals surface area (Å²) in [7, 11) is 0. The molecule has 1 nitrogen and oxygen atoms in total. The Labute approximate surface area is 428 Å². The number of para-hydroxylation sites is 3. The van der Waals surface area contributed by atoms with Gasteiger partial charge in [-0.15, -0.1) is 11.3 Å². The normalized spacial score (nSPS) is 12.0. The number of rotatable bonds is 8. The molecule has 348 valence electrons. The van der Waals surface area contributed by atoms with Crippen LogP contribution in [0.2, 0.25) is 0 Å². The molecule has 0 fully saturated rings. The summed E-state index contributed by atoms with van der Waals surface area (Å²) in [4.78, 5) is 2.57. The molecule has 0 bridgehead atoms. The van der Waals surface area contributed by atoms with Crippen LogP contribution in [0.5, 0.6) is 0 Å². The Bertz CT molecular complexity index is 3970. The number of benzene rings is 11. The topological polar surface area (TPSA) is 3.24 Å². The maximum Gasteiger partial charge on any atom is 0.0540 e. The predicted molar refractivity (Wildman–Crippen MR) is 314 cm³/mol. The summed E-state index contributed by atoms with van der Waals surface area (Å²) in [5, 5.41) is 7.48. The van der Waals surface area contributed by atoms with E-state index in [0.717, 1.165) is 28.2 Å². The molecule has 0 aliphatic carbocycles. The van der Waals surface area contributed by atoms with Crippen LogP contribution in [0, 0.1) is 0 Å². The van der Waals surface area contributed by atoms with Gasteiger partial charge in [-0.2, -0.15) is 0 Å². The van der Waals surface area contributed by atoms with Crippen molar-refractivity contribution in [3.63, 3.8) is 0 Å². The van der Waals surface area contributed by atoms with Crippen LogP contribution in [0.3, 0.4) is 0 Å². The van der Waals surface area contributed by atoms with Crippen molar-refractivity contribution in [3.05, 3.63) is 248 Å². The second kappa shape index (κ2) is 18.0. The average Bonchev–Trinajstić information content (AvgIpc) is 3.80. The minimum absolute atomic E-state index is 0.0249. The largest absolute Gasteiger partial charge is 0.309 e. The third-order valence-corrected chi connectivity index (χ3v) is 15.7. The summed E-state index contributed by atoms with van der Waals surface area (Å²) in [6, 6.07) is 88.3. The van der Waals surface area contributed by atoms with Crippen molar-refractivity contribution in [1.29, 1.82) is 0 Å². The van der Waals surface area contributed by atoms with Gasteiger partial charge in [0.1, 0.15) is 0 Å². The molecule has 0 spiro atoms. The van der Waals surface area contributed by atoms with E-state index >= 15 is 0 Å². The van der Waals surface area contributed by atoms with Crippen LogP contribution < -0.4 is 4.90 Å². The van der Waals surface area contributed by atoms with Crippen LogP contribution in [-0.2, 0) is 10.8 Å². The molecule has 2 heteroatoms. The van der Waals surface area contributed by atoms with E-state index in [1.165, 1.54) is 97.4 Å². The van der Waals surface area contributed by atoms with Gasteiger partial charge in [-0.3, -0.25) is 0 Å². The molecule has 0 aliphatic heterocycles. The third-order valence-electron chi connectivity index (χ3n) is 14.6. The highest BCUT2D eigenvalue weighted by atomic mass is 32.1. The molecule has 12 rings (SSSR count). The summed E-state index contributed by atoms with van der Waals surface area (Å²) in [6.45, 7) is 14.0. The van der Waals surface area contributed by atoms with Gasteiger partial charge in [0.2, 0.25) is 0 Å². The van der Waals surface area contributed by atoms with E-state index in [-0.39, 0.29) is 10.8 Å². The van der Waals surface area contributed by atoms with Crippen LogP contribution in [0.1, 0.15) is 52.7 Å². The molecule has 0 aliphatic rings. The molecular formula is C70H57NS. The second-order valence-electron chi connectivity index (χ2n) is 21.2. The van der Waals surface area contributed by atoms with Crippen molar-refractivity contribution in [2.45, 2.75) is 52.4 Å². The standard InChI is InChI=1S/C70H57NS/c1-69(2,3)50-43-49(44-51(45-50)70(4,5)6)53-34-19-26-48-28-21-36-58(67(48)53)55-30-11-15-39-62(55)71(63-40-16-12-31-56(63)59-37-22-42-65-68(59)60-32-13-17-41-64(60)72-65)61-38-14-10-29-54(61)57-35-20-27-47-25-18-33-52(66(47)57)46-23-8-7-9-24-46/h7-45H,1-6H3. The number of thiophene rings is 1. The molecule has 0 atom stereocenters. The zero-order valence-electron chi connectivity index (χ0n) is 41.9. The Balaban J connectivity index is 1.17. The molecule has 0 unspecified atom stereocenters. The van der Waals surface area contributed by atoms with Crippen molar-refractivity contribution in [3.8, 4) is 55.6 Å². The first-order valence-electron chi connectivity index (χ1n) is 25.3. The van der Waals surface area contributed by atoms with E-state index < -0.39 is 0 Å². The van der Waals surface area contributed by atoms with Crippen molar-refractivity contribution in [2.75, 3.05) is 4.90 Å². The number of anilines is 3. The molecule has 0 radical (unpaired) electrons. The van der Waals surface area contributed by atoms with Gasteiger partial charge < -0.3 is 4.90 Å². The van der Waals surface area contributed by atoms with Gasteiger partial charge in [-0.1, -0.05) is 248 Å². The Kier molecular flexibility index (Phi) is 11.3. The molecule has 0 saturated carbocycles. The van der Waals surface area contributed by atoms with Gasteiger partial charge in [0.25, 0.3) is 0 Å². The van der Waals surface area contributed by atoms with Crippen LogP contribution >= 0.6 is 11.3 Å². The van der Waals surface area contributed by atoms with E-state index in [2.05, 4.69) is 283 Å². The van der Waals surface area contributed by atoms with Crippen LogP contribution in [0.4, 0.5) is 17.1 Å². The zero-order valence-corrected chi connectivity index (χ0v) is 42.7. The molecule has 0 saturated heterocycles. The zero-order chi connectivity index (χ0) is 49.1. The molecule has 0 N–H and O–H groups in total. The van der Waals surface area contributed by atoms with E-state index in [4.69, 9.17) is 0 Å². The Morgan fingerprint density at radius 3 is 1.17 bits per heavy atom. The highest BCUT2D eigenvalue weighted by Crippen LogP contribution is 2.52. The summed E-state index contributed by atoms with van der Waals surface area (Å²) < 4.78 is 2.58. The maximum absolute atomic E-state index is 2.57. The molecule has 72 heavy (non-hydrogen) atoms. The molecule has 11 aromatic carbocycles. The minimum atomic E-state index is -0.0249. The van der Waals surface area contributed by atoms with Gasteiger partial charge >= 0.3 is 0 Å². The summed E-state index contributed by atoms with van der Waals surface area (Å²) in [5.41, 5.74) is 17.9. The van der Waals surface area contributed by atoms with Crippen molar-refractivity contribution >= 4 is 70.1 Å². The third kappa shape index (κ3) is 7.97. The summed E-state index contributed by atoms with van der Waals surface area (Å²) in [5.74, 6) is 0. The lowest BCUT2D eigenvalue weighted by atomic mass is 9.78. The second-order valence-corrected chi connectivity index (χ2v) is 22.3. The van der Waals surface area contributed by atoms with Crippen LogP contribution in [-0.4, -0.2) is 0 Å². The quantitative estimate of drug-likeness (QED) is 0.147. The predicted octanol–water partition coefficient (Wildman–Crippen LogP) is 20.8. The van der Waals surface area contributed by atoms with Gasteiger partial charge in [0, 0.05) is 36.9 Å². The fraction of sp³-hybridized carbons (Fsp3) is 0.114. The Morgan fingerprint density at radius 1 is 0.292 bits per heavy atom. The van der Waals surface area contributed by atoms with Gasteiger partial charge in [-0.05, 0) is 113 Å². The number of nitrogens with zero attached hydrogens (tertiary/aromatic N) is 1. The monoisotopic (exact) mass is 943 g/mol. The molecule has 1 heterocycles. The summed E-state index contributed by atoms with van der Waals surface area (Å²) in [6.07, 6.45) is 0. The van der Waals surface area contributed by atoms with Crippen molar-refractivity contribution in [2.24, 2.45) is 0 Å². The molecule has 0 amide bonds. The maximum atomic E-state index is 2.57. The lowest BCUT2D eigenvalue weighted by Crippen LogP contribution is -2.16.